The number of thioether (sulfide) groups is 1. The van der Waals surface area contributed by atoms with Crippen LogP contribution in [0.5, 0.6) is 5.75 Å². The lowest BCUT2D eigenvalue weighted by atomic mass is 9.99. The van der Waals surface area contributed by atoms with E-state index in [4.69, 9.17) is 4.74 Å². The van der Waals surface area contributed by atoms with E-state index in [1.807, 2.05) is 66.4 Å². The number of benzene rings is 3. The van der Waals surface area contributed by atoms with Crippen LogP contribution in [0, 0.1) is 0 Å². The lowest BCUT2D eigenvalue weighted by Crippen LogP contribution is -2.88. The number of carbonyl (C=O) groups excluding carboxylic acids is 1. The molecule has 2 atom stereocenters. The molecule has 0 unspecified atom stereocenters. The van der Waals surface area contributed by atoms with Crippen LogP contribution in [0.25, 0.3) is 0 Å². The Morgan fingerprint density at radius 2 is 1.86 bits per heavy atom. The number of hydrogen-bond acceptors (Lipinski definition) is 3. The molecule has 148 valence electrons. The highest BCUT2D eigenvalue weighted by Gasteiger charge is 2.31. The number of nitrogens with one attached hydrogen (secondary N) is 1. The first-order valence-corrected chi connectivity index (χ1v) is 10.8. The maximum Gasteiger partial charge on any atom is 0.287 e. The number of amides is 1. The van der Waals surface area contributed by atoms with Crippen molar-refractivity contribution in [2.24, 2.45) is 0 Å². The summed E-state index contributed by atoms with van der Waals surface area (Å²) in [6.07, 6.45) is 1.04. The van der Waals surface area contributed by atoms with Gasteiger partial charge in [-0.3, -0.25) is 4.79 Å². The number of hydrogen-bond donors (Lipinski definition) is 2. The number of methoxy groups -OCH3 is 1. The van der Waals surface area contributed by atoms with Gasteiger partial charge in [-0.1, -0.05) is 54.6 Å². The van der Waals surface area contributed by atoms with E-state index in [-0.39, 0.29) is 18.0 Å². The molecule has 3 aromatic rings. The Kier molecular flexibility index (Phi) is 6.17. The van der Waals surface area contributed by atoms with E-state index in [1.54, 1.807) is 7.11 Å². The number of quaternary nitrogens is 1. The van der Waals surface area contributed by atoms with Crippen molar-refractivity contribution in [3.05, 3.63) is 90.0 Å². The van der Waals surface area contributed by atoms with Crippen LogP contribution in [-0.4, -0.2) is 18.8 Å². The molecule has 4 nitrogen and oxygen atoms in total. The molecule has 0 aliphatic carbocycles. The van der Waals surface area contributed by atoms with Gasteiger partial charge in [0.25, 0.3) is 5.91 Å². The molecule has 0 bridgehead atoms. The molecule has 3 aromatic carbocycles. The first-order chi connectivity index (χ1) is 14.2. The Morgan fingerprint density at radius 3 is 2.69 bits per heavy atom. The summed E-state index contributed by atoms with van der Waals surface area (Å²) in [5.41, 5.74) is 3.06. The van der Waals surface area contributed by atoms with E-state index in [2.05, 4.69) is 34.9 Å². The van der Waals surface area contributed by atoms with Gasteiger partial charge in [-0.15, -0.1) is 11.8 Å². The van der Waals surface area contributed by atoms with Crippen LogP contribution in [0.4, 0.5) is 5.69 Å². The van der Waals surface area contributed by atoms with Crippen LogP contribution >= 0.6 is 11.8 Å². The molecule has 0 saturated carbocycles. The SMILES string of the molecule is COc1cccc(NC(=O)[C@H]([NH2+][C@H]2CCSc3ccccc32)c2ccccc2)c1. The maximum absolute atomic E-state index is 13.3. The molecule has 29 heavy (non-hydrogen) atoms. The van der Waals surface area contributed by atoms with Gasteiger partial charge in [0.05, 0.1) is 7.11 Å². The monoisotopic (exact) mass is 405 g/mol. The van der Waals surface area contributed by atoms with Gasteiger partial charge >= 0.3 is 0 Å². The normalized spacial score (nSPS) is 16.5. The van der Waals surface area contributed by atoms with E-state index >= 15 is 0 Å². The van der Waals surface area contributed by atoms with Gasteiger partial charge < -0.3 is 15.4 Å². The Balaban J connectivity index is 1.60. The summed E-state index contributed by atoms with van der Waals surface area (Å²) in [6.45, 7) is 0. The fourth-order valence-corrected chi connectivity index (χ4v) is 4.89. The molecule has 3 N–H and O–H groups in total. The molecule has 0 aromatic heterocycles. The van der Waals surface area contributed by atoms with E-state index < -0.39 is 0 Å². The average Bonchev–Trinajstić information content (AvgIpc) is 2.78. The predicted molar refractivity (Wildman–Crippen MR) is 117 cm³/mol. The predicted octanol–water partition coefficient (Wildman–Crippen LogP) is 4.18. The van der Waals surface area contributed by atoms with Gasteiger partial charge in [-0.05, 0) is 18.2 Å². The molecule has 0 radical (unpaired) electrons. The molecular weight excluding hydrogens is 380 g/mol. The third kappa shape index (κ3) is 4.63. The lowest BCUT2D eigenvalue weighted by Gasteiger charge is -2.27. The van der Waals surface area contributed by atoms with Crippen molar-refractivity contribution in [1.82, 2.24) is 0 Å². The largest absolute Gasteiger partial charge is 0.497 e. The van der Waals surface area contributed by atoms with E-state index in [0.29, 0.717) is 0 Å². The minimum atomic E-state index is -0.330. The van der Waals surface area contributed by atoms with Gasteiger partial charge in [0.1, 0.15) is 11.8 Å². The maximum atomic E-state index is 13.3. The van der Waals surface area contributed by atoms with E-state index in [1.165, 1.54) is 10.5 Å². The van der Waals surface area contributed by atoms with Crippen molar-refractivity contribution in [3.8, 4) is 5.75 Å². The van der Waals surface area contributed by atoms with Crippen molar-refractivity contribution in [2.75, 3.05) is 18.2 Å². The fraction of sp³-hybridized carbons (Fsp3) is 0.208. The lowest BCUT2D eigenvalue weighted by molar-refractivity contribution is -0.722. The summed E-state index contributed by atoms with van der Waals surface area (Å²) >= 11 is 1.90. The third-order valence-electron chi connectivity index (χ3n) is 5.21. The Bertz CT molecular complexity index is 977. The Hall–Kier alpha value is -2.76. The van der Waals surface area contributed by atoms with E-state index in [9.17, 15) is 4.79 Å². The van der Waals surface area contributed by atoms with Crippen molar-refractivity contribution in [1.29, 1.82) is 0 Å². The topological polar surface area (TPSA) is 54.9 Å². The van der Waals surface area contributed by atoms with Gasteiger partial charge in [0.2, 0.25) is 0 Å². The Morgan fingerprint density at radius 1 is 1.07 bits per heavy atom. The molecule has 1 heterocycles. The number of carbonyl (C=O) groups is 1. The minimum Gasteiger partial charge on any atom is -0.497 e. The van der Waals surface area contributed by atoms with Crippen LogP contribution in [0.3, 0.4) is 0 Å². The van der Waals surface area contributed by atoms with Crippen LogP contribution in [0.2, 0.25) is 0 Å². The average molecular weight is 406 g/mol. The Labute approximate surface area is 175 Å². The summed E-state index contributed by atoms with van der Waals surface area (Å²) < 4.78 is 5.28. The number of anilines is 1. The zero-order valence-corrected chi connectivity index (χ0v) is 17.2. The molecule has 0 spiro atoms. The van der Waals surface area contributed by atoms with Gasteiger partial charge in [-0.25, -0.2) is 0 Å². The second kappa shape index (κ2) is 9.16. The number of rotatable bonds is 6. The van der Waals surface area contributed by atoms with Crippen molar-refractivity contribution in [2.45, 2.75) is 23.4 Å². The molecule has 0 saturated heterocycles. The summed E-state index contributed by atoms with van der Waals surface area (Å²) in [5.74, 6) is 1.76. The van der Waals surface area contributed by atoms with Gasteiger partial charge in [0, 0.05) is 39.9 Å². The fourth-order valence-electron chi connectivity index (χ4n) is 3.73. The first-order valence-electron chi connectivity index (χ1n) is 9.81. The van der Waals surface area contributed by atoms with Gasteiger partial charge in [-0.2, -0.15) is 0 Å². The van der Waals surface area contributed by atoms with Gasteiger partial charge in [0.15, 0.2) is 6.04 Å². The summed E-state index contributed by atoms with van der Waals surface area (Å²) in [6, 6.07) is 25.9. The molecule has 4 rings (SSSR count). The second-order valence-electron chi connectivity index (χ2n) is 7.08. The van der Waals surface area contributed by atoms with Crippen molar-refractivity contribution < 1.29 is 14.8 Å². The highest BCUT2D eigenvalue weighted by Crippen LogP contribution is 2.34. The molecule has 1 aliphatic heterocycles. The molecule has 5 heteroatoms. The van der Waals surface area contributed by atoms with Crippen LogP contribution in [-0.2, 0) is 4.79 Å². The zero-order chi connectivity index (χ0) is 20.1. The molecule has 1 aliphatic rings. The van der Waals surface area contributed by atoms with Crippen molar-refractivity contribution in [3.63, 3.8) is 0 Å². The number of ether oxygens (including phenoxy) is 1. The summed E-state index contributed by atoms with van der Waals surface area (Å²) in [7, 11) is 1.63. The quantitative estimate of drug-likeness (QED) is 0.647. The summed E-state index contributed by atoms with van der Waals surface area (Å²) in [5, 5.41) is 5.29. The number of fused-ring (bicyclic) bond motifs is 1. The first kappa shape index (κ1) is 19.6. The minimum absolute atomic E-state index is 0.0276. The van der Waals surface area contributed by atoms with Crippen molar-refractivity contribution >= 4 is 23.4 Å². The highest BCUT2D eigenvalue weighted by atomic mass is 32.2. The zero-order valence-electron chi connectivity index (χ0n) is 16.4. The second-order valence-corrected chi connectivity index (χ2v) is 8.22. The summed E-state index contributed by atoms with van der Waals surface area (Å²) in [4.78, 5) is 14.6. The van der Waals surface area contributed by atoms with Crippen LogP contribution in [0.1, 0.15) is 29.6 Å². The van der Waals surface area contributed by atoms with E-state index in [0.717, 1.165) is 29.2 Å². The van der Waals surface area contributed by atoms with Crippen LogP contribution < -0.4 is 15.4 Å². The third-order valence-corrected chi connectivity index (χ3v) is 6.33. The molecule has 1 amide bonds. The number of nitrogens with two attached hydrogens (primary N) is 1. The smallest absolute Gasteiger partial charge is 0.287 e. The highest BCUT2D eigenvalue weighted by molar-refractivity contribution is 7.99. The van der Waals surface area contributed by atoms with Crippen LogP contribution in [0.15, 0.2) is 83.8 Å². The molecule has 0 fully saturated rings. The molecular formula is C24H25N2O2S+. The standard InChI is InChI=1S/C24H24N2O2S/c1-28-19-11-7-10-18(16-19)25-24(27)23(17-8-3-2-4-9-17)26-21-14-15-29-22-13-6-5-12-20(21)22/h2-13,16,21,23,26H,14-15H2,1H3,(H,25,27)/p+1/t21-,23+/m0/s1.